The Morgan fingerprint density at radius 1 is 1.44 bits per heavy atom. The molecule has 4 nitrogen and oxygen atoms in total. The number of carboxylic acid groups (broad SMARTS) is 1. The van der Waals surface area contributed by atoms with E-state index in [9.17, 15) is 9.59 Å². The van der Waals surface area contributed by atoms with Gasteiger partial charge in [0.25, 0.3) is 0 Å². The minimum atomic E-state index is -0.934. The van der Waals surface area contributed by atoms with Crippen molar-refractivity contribution in [3.8, 4) is 0 Å². The lowest BCUT2D eigenvalue weighted by Gasteiger charge is -2.12. The Morgan fingerprint density at radius 3 is 2.81 bits per heavy atom. The van der Waals surface area contributed by atoms with Gasteiger partial charge in [-0.15, -0.1) is 0 Å². The van der Waals surface area contributed by atoms with E-state index in [1.54, 1.807) is 12.1 Å². The lowest BCUT2D eigenvalue weighted by Crippen LogP contribution is -2.24. The van der Waals surface area contributed by atoms with Gasteiger partial charge in [0.1, 0.15) is 0 Å². The van der Waals surface area contributed by atoms with Crippen molar-refractivity contribution in [3.63, 3.8) is 0 Å². The zero-order chi connectivity index (χ0) is 11.7. The summed E-state index contributed by atoms with van der Waals surface area (Å²) in [6.07, 6.45) is 1.73. The number of fused-ring (bicyclic) bond motifs is 1. The number of nitrogens with one attached hydrogen (secondary N) is 1. The third-order valence-electron chi connectivity index (χ3n) is 2.85. The molecular weight excluding hydrogens is 206 g/mol. The van der Waals surface area contributed by atoms with Gasteiger partial charge in [0.05, 0.1) is 11.6 Å². The summed E-state index contributed by atoms with van der Waals surface area (Å²) >= 11 is 0. The molecule has 0 heterocycles. The van der Waals surface area contributed by atoms with Gasteiger partial charge in [-0.2, -0.15) is 0 Å². The van der Waals surface area contributed by atoms with Crippen molar-refractivity contribution >= 4 is 11.9 Å². The van der Waals surface area contributed by atoms with E-state index in [2.05, 4.69) is 5.32 Å². The largest absolute Gasteiger partial charge is 0.478 e. The molecule has 1 amide bonds. The fraction of sp³-hybridized carbons (Fsp3) is 0.333. The molecule has 4 heteroatoms. The molecule has 1 aliphatic rings. The monoisotopic (exact) mass is 219 g/mol. The molecule has 1 aromatic rings. The maximum Gasteiger partial charge on any atom is 0.335 e. The minimum absolute atomic E-state index is 0.0354. The molecule has 0 saturated carbocycles. The first-order valence-corrected chi connectivity index (χ1v) is 5.21. The summed E-state index contributed by atoms with van der Waals surface area (Å²) in [6, 6.07) is 5.07. The summed E-state index contributed by atoms with van der Waals surface area (Å²) in [5.74, 6) is -1.02. The van der Waals surface area contributed by atoms with Crippen LogP contribution in [0.4, 0.5) is 0 Å². The first-order chi connectivity index (χ1) is 7.58. The van der Waals surface area contributed by atoms with Gasteiger partial charge < -0.3 is 10.4 Å². The molecule has 0 aliphatic heterocycles. The summed E-state index contributed by atoms with van der Waals surface area (Å²) in [7, 11) is 0. The highest BCUT2D eigenvalue weighted by molar-refractivity contribution is 5.88. The van der Waals surface area contributed by atoms with Crippen molar-refractivity contribution in [2.75, 3.05) is 0 Å². The molecule has 16 heavy (non-hydrogen) atoms. The average molecular weight is 219 g/mol. The van der Waals surface area contributed by atoms with Gasteiger partial charge in [0.15, 0.2) is 0 Å². The molecule has 1 aliphatic carbocycles. The Labute approximate surface area is 93.3 Å². The third-order valence-corrected chi connectivity index (χ3v) is 2.85. The summed E-state index contributed by atoms with van der Waals surface area (Å²) in [5, 5.41) is 11.7. The van der Waals surface area contributed by atoms with Gasteiger partial charge >= 0.3 is 5.97 Å². The number of rotatable bonds is 2. The number of hydrogen-bond donors (Lipinski definition) is 2. The maximum atomic E-state index is 11.0. The van der Waals surface area contributed by atoms with E-state index in [0.29, 0.717) is 0 Å². The van der Waals surface area contributed by atoms with E-state index in [1.807, 2.05) is 6.07 Å². The molecule has 0 aromatic heterocycles. The van der Waals surface area contributed by atoms with Crippen molar-refractivity contribution < 1.29 is 14.7 Å². The Hall–Kier alpha value is -1.84. The molecule has 2 rings (SSSR count). The van der Waals surface area contributed by atoms with E-state index in [4.69, 9.17) is 5.11 Å². The van der Waals surface area contributed by atoms with Gasteiger partial charge in [-0.25, -0.2) is 4.79 Å². The van der Waals surface area contributed by atoms with E-state index >= 15 is 0 Å². The van der Waals surface area contributed by atoms with Crippen LogP contribution in [0.15, 0.2) is 18.2 Å². The smallest absolute Gasteiger partial charge is 0.335 e. The van der Waals surface area contributed by atoms with Crippen LogP contribution in [0.1, 0.15) is 40.9 Å². The van der Waals surface area contributed by atoms with Gasteiger partial charge in [0.2, 0.25) is 5.91 Å². The van der Waals surface area contributed by atoms with E-state index in [-0.39, 0.29) is 17.5 Å². The predicted octanol–water partition coefficient (Wildman–Crippen LogP) is 1.51. The van der Waals surface area contributed by atoms with Crippen LogP contribution in [-0.2, 0) is 11.2 Å². The van der Waals surface area contributed by atoms with Gasteiger partial charge in [-0.1, -0.05) is 6.07 Å². The molecule has 0 bridgehead atoms. The molecule has 1 unspecified atom stereocenters. The van der Waals surface area contributed by atoms with Crippen molar-refractivity contribution in [1.29, 1.82) is 0 Å². The molecule has 1 atom stereocenters. The molecule has 0 radical (unpaired) electrons. The maximum absolute atomic E-state index is 11.0. The SMILES string of the molecule is CC(=O)NC1CCc2ccc(C(=O)O)cc21. The second kappa shape index (κ2) is 3.96. The lowest BCUT2D eigenvalue weighted by molar-refractivity contribution is -0.119. The molecule has 0 spiro atoms. The molecule has 0 fully saturated rings. The van der Waals surface area contributed by atoms with Crippen LogP contribution in [0.5, 0.6) is 0 Å². The standard InChI is InChI=1S/C12H13NO3/c1-7(14)13-11-5-4-8-2-3-9(12(15)16)6-10(8)11/h2-3,6,11H,4-5H2,1H3,(H,13,14)(H,15,16). The first kappa shape index (κ1) is 10.7. The number of carboxylic acids is 1. The van der Waals surface area contributed by atoms with E-state index in [1.165, 1.54) is 6.92 Å². The Morgan fingerprint density at radius 2 is 2.19 bits per heavy atom. The van der Waals surface area contributed by atoms with Crippen LogP contribution in [0.25, 0.3) is 0 Å². The highest BCUT2D eigenvalue weighted by atomic mass is 16.4. The molecule has 84 valence electrons. The third kappa shape index (κ3) is 1.91. The zero-order valence-corrected chi connectivity index (χ0v) is 8.99. The van der Waals surface area contributed by atoms with Crippen LogP contribution in [0.3, 0.4) is 0 Å². The topological polar surface area (TPSA) is 66.4 Å². The van der Waals surface area contributed by atoms with Gasteiger partial charge in [-0.3, -0.25) is 4.79 Å². The Bertz CT molecular complexity index is 454. The molecule has 1 aromatic carbocycles. The van der Waals surface area contributed by atoms with Crippen LogP contribution >= 0.6 is 0 Å². The summed E-state index contributed by atoms with van der Waals surface area (Å²) in [6.45, 7) is 1.47. The number of amides is 1. The molecule has 2 N–H and O–H groups in total. The van der Waals surface area contributed by atoms with Crippen LogP contribution < -0.4 is 5.32 Å². The average Bonchev–Trinajstić information content (AvgIpc) is 2.60. The fourth-order valence-electron chi connectivity index (χ4n) is 2.13. The number of hydrogen-bond acceptors (Lipinski definition) is 2. The Balaban J connectivity index is 2.33. The highest BCUT2D eigenvalue weighted by Crippen LogP contribution is 2.31. The van der Waals surface area contributed by atoms with Gasteiger partial charge in [-0.05, 0) is 36.1 Å². The number of aryl methyl sites for hydroxylation is 1. The van der Waals surface area contributed by atoms with Crippen LogP contribution in [0, 0.1) is 0 Å². The summed E-state index contributed by atoms with van der Waals surface area (Å²) in [4.78, 5) is 21.8. The number of aromatic carboxylic acids is 1. The quantitative estimate of drug-likeness (QED) is 0.792. The molecular formula is C12H13NO3. The van der Waals surface area contributed by atoms with Crippen LogP contribution in [0.2, 0.25) is 0 Å². The summed E-state index contributed by atoms with van der Waals surface area (Å²) in [5.41, 5.74) is 2.34. The van der Waals surface area contributed by atoms with E-state index < -0.39 is 5.97 Å². The van der Waals surface area contributed by atoms with Crippen molar-refractivity contribution in [3.05, 3.63) is 34.9 Å². The number of benzene rings is 1. The van der Waals surface area contributed by atoms with Crippen molar-refractivity contribution in [2.45, 2.75) is 25.8 Å². The lowest BCUT2D eigenvalue weighted by atomic mass is 10.0. The zero-order valence-electron chi connectivity index (χ0n) is 8.99. The summed E-state index contributed by atoms with van der Waals surface area (Å²) < 4.78 is 0. The second-order valence-corrected chi connectivity index (χ2v) is 4.01. The first-order valence-electron chi connectivity index (χ1n) is 5.21. The van der Waals surface area contributed by atoms with E-state index in [0.717, 1.165) is 24.0 Å². The highest BCUT2D eigenvalue weighted by Gasteiger charge is 2.23. The van der Waals surface area contributed by atoms with Crippen molar-refractivity contribution in [1.82, 2.24) is 5.32 Å². The minimum Gasteiger partial charge on any atom is -0.478 e. The van der Waals surface area contributed by atoms with Crippen LogP contribution in [-0.4, -0.2) is 17.0 Å². The number of carbonyl (C=O) groups is 2. The van der Waals surface area contributed by atoms with Gasteiger partial charge in [0, 0.05) is 6.92 Å². The normalized spacial score (nSPS) is 17.9. The fourth-order valence-corrected chi connectivity index (χ4v) is 2.13. The second-order valence-electron chi connectivity index (χ2n) is 4.01. The molecule has 0 saturated heterocycles. The predicted molar refractivity (Wildman–Crippen MR) is 58.3 cm³/mol. The Kier molecular flexibility index (Phi) is 2.64. The van der Waals surface area contributed by atoms with Crippen molar-refractivity contribution in [2.24, 2.45) is 0 Å². The number of carbonyl (C=O) groups excluding carboxylic acids is 1.